The smallest absolute Gasteiger partial charge is 0.331 e. The highest BCUT2D eigenvalue weighted by Crippen LogP contribution is 2.20. The van der Waals surface area contributed by atoms with Crippen LogP contribution in [0, 0.1) is 6.92 Å². The molecule has 1 unspecified atom stereocenters. The first-order chi connectivity index (χ1) is 13.5. The van der Waals surface area contributed by atoms with E-state index in [1.807, 2.05) is 12.1 Å². The van der Waals surface area contributed by atoms with Gasteiger partial charge in [0.15, 0.2) is 0 Å². The molecular weight excluding hydrogens is 354 g/mol. The number of anilines is 2. The van der Waals surface area contributed by atoms with Gasteiger partial charge in [-0.25, -0.2) is 9.36 Å². The molecule has 28 heavy (non-hydrogen) atoms. The Balaban J connectivity index is 1.89. The van der Waals surface area contributed by atoms with E-state index in [2.05, 4.69) is 47.4 Å². The van der Waals surface area contributed by atoms with Gasteiger partial charge in [0.25, 0.3) is 5.56 Å². The van der Waals surface area contributed by atoms with Crippen LogP contribution >= 0.6 is 0 Å². The second-order valence-electron chi connectivity index (χ2n) is 7.37. The number of nitrogens with one attached hydrogen (secondary N) is 3. The topological polar surface area (TPSA) is 82.2 Å². The van der Waals surface area contributed by atoms with E-state index >= 15 is 0 Å². The summed E-state index contributed by atoms with van der Waals surface area (Å²) in [4.78, 5) is 30.7. The van der Waals surface area contributed by atoms with Crippen molar-refractivity contribution in [1.82, 2.24) is 19.8 Å². The third-order valence-electron chi connectivity index (χ3n) is 5.39. The maximum atomic E-state index is 12.8. The standard InChI is InChI=1S/C21H31N5O2/c1-4-6-19(25-11-9-22-10-12-25)26-20(27)14-18(24-21(26)28)23-17-8-7-15(3)16(5-2)13-17/h7-8,13-14,19,22-23H,4-6,9-12H2,1-3H3,(H,24,28). The number of benzene rings is 1. The minimum absolute atomic E-state index is 0.205. The molecule has 1 aliphatic heterocycles. The molecule has 2 heterocycles. The van der Waals surface area contributed by atoms with Gasteiger partial charge in [-0.1, -0.05) is 26.3 Å². The molecule has 1 aromatic heterocycles. The summed E-state index contributed by atoms with van der Waals surface area (Å²) in [6.07, 6.45) is 2.41. The number of H-pyrrole nitrogens is 1. The molecule has 152 valence electrons. The number of aryl methyl sites for hydroxylation is 2. The van der Waals surface area contributed by atoms with Gasteiger partial charge in [0, 0.05) is 37.9 Å². The zero-order chi connectivity index (χ0) is 20.1. The Kier molecular flexibility index (Phi) is 6.70. The maximum absolute atomic E-state index is 12.8. The predicted molar refractivity (Wildman–Crippen MR) is 114 cm³/mol. The fraction of sp³-hybridized carbons (Fsp3) is 0.524. The maximum Gasteiger partial charge on any atom is 0.331 e. The van der Waals surface area contributed by atoms with Crippen LogP contribution in [-0.4, -0.2) is 40.6 Å². The molecule has 7 heteroatoms. The minimum Gasteiger partial charge on any atom is -0.342 e. The Morgan fingerprint density at radius 2 is 1.89 bits per heavy atom. The molecule has 1 fully saturated rings. The molecule has 3 N–H and O–H groups in total. The average molecular weight is 386 g/mol. The van der Waals surface area contributed by atoms with Gasteiger partial charge in [-0.2, -0.15) is 0 Å². The molecule has 1 atom stereocenters. The van der Waals surface area contributed by atoms with E-state index < -0.39 is 0 Å². The van der Waals surface area contributed by atoms with Crippen LogP contribution < -0.4 is 21.9 Å². The lowest BCUT2D eigenvalue weighted by Gasteiger charge is -2.35. The molecule has 1 saturated heterocycles. The van der Waals surface area contributed by atoms with Crippen LogP contribution in [0.15, 0.2) is 33.9 Å². The molecular formula is C21H31N5O2. The molecule has 3 rings (SSSR count). The molecule has 2 aromatic rings. The monoisotopic (exact) mass is 385 g/mol. The Morgan fingerprint density at radius 1 is 1.14 bits per heavy atom. The normalized spacial score (nSPS) is 16.1. The van der Waals surface area contributed by atoms with E-state index in [1.54, 1.807) is 0 Å². The molecule has 0 radical (unpaired) electrons. The van der Waals surface area contributed by atoms with Crippen LogP contribution in [0.1, 0.15) is 44.0 Å². The van der Waals surface area contributed by atoms with Gasteiger partial charge in [0.2, 0.25) is 0 Å². The molecule has 0 bridgehead atoms. The number of hydrogen-bond donors (Lipinski definition) is 3. The van der Waals surface area contributed by atoms with Crippen molar-refractivity contribution in [3.05, 3.63) is 56.2 Å². The number of rotatable bonds is 7. The van der Waals surface area contributed by atoms with Gasteiger partial charge < -0.3 is 10.6 Å². The molecule has 0 aliphatic carbocycles. The van der Waals surface area contributed by atoms with Crippen molar-refractivity contribution in [2.45, 2.75) is 46.2 Å². The summed E-state index contributed by atoms with van der Waals surface area (Å²) < 4.78 is 1.37. The first-order valence-corrected chi connectivity index (χ1v) is 10.2. The Morgan fingerprint density at radius 3 is 2.54 bits per heavy atom. The van der Waals surface area contributed by atoms with Crippen LogP contribution in [0.3, 0.4) is 0 Å². The molecule has 0 amide bonds. The Hall–Kier alpha value is -2.38. The summed E-state index contributed by atoms with van der Waals surface area (Å²) in [6.45, 7) is 9.68. The minimum atomic E-state index is -0.366. The van der Waals surface area contributed by atoms with Gasteiger partial charge in [-0.3, -0.25) is 14.7 Å². The lowest BCUT2D eigenvalue weighted by molar-refractivity contribution is 0.106. The van der Waals surface area contributed by atoms with Crippen molar-refractivity contribution < 1.29 is 0 Å². The van der Waals surface area contributed by atoms with E-state index in [-0.39, 0.29) is 17.4 Å². The summed E-state index contributed by atoms with van der Waals surface area (Å²) in [5.74, 6) is 0.424. The molecule has 7 nitrogen and oxygen atoms in total. The van der Waals surface area contributed by atoms with Crippen molar-refractivity contribution in [3.8, 4) is 0 Å². The van der Waals surface area contributed by atoms with Crippen LogP contribution in [-0.2, 0) is 6.42 Å². The second kappa shape index (κ2) is 9.21. The third kappa shape index (κ3) is 4.54. The van der Waals surface area contributed by atoms with E-state index in [1.165, 1.54) is 21.8 Å². The fourth-order valence-electron chi connectivity index (χ4n) is 3.85. The van der Waals surface area contributed by atoms with Gasteiger partial charge in [0.1, 0.15) is 5.82 Å². The van der Waals surface area contributed by atoms with Crippen LogP contribution in [0.25, 0.3) is 0 Å². The average Bonchev–Trinajstić information content (AvgIpc) is 2.69. The zero-order valence-electron chi connectivity index (χ0n) is 17.0. The molecule has 1 aliphatic rings. The predicted octanol–water partition coefficient (Wildman–Crippen LogP) is 2.35. The largest absolute Gasteiger partial charge is 0.342 e. The summed E-state index contributed by atoms with van der Waals surface area (Å²) in [5, 5.41) is 6.49. The number of piperazine rings is 1. The lowest BCUT2D eigenvalue weighted by Crippen LogP contribution is -2.51. The summed E-state index contributed by atoms with van der Waals surface area (Å²) in [7, 11) is 0. The van der Waals surface area contributed by atoms with E-state index in [4.69, 9.17) is 0 Å². The summed E-state index contributed by atoms with van der Waals surface area (Å²) in [6, 6.07) is 7.54. The number of nitrogens with zero attached hydrogens (tertiary/aromatic N) is 2. The molecule has 0 saturated carbocycles. The second-order valence-corrected chi connectivity index (χ2v) is 7.37. The number of aromatic nitrogens is 2. The van der Waals surface area contributed by atoms with E-state index in [0.29, 0.717) is 5.82 Å². The third-order valence-corrected chi connectivity index (χ3v) is 5.39. The van der Waals surface area contributed by atoms with Crippen molar-refractivity contribution in [1.29, 1.82) is 0 Å². The molecule has 1 aromatic carbocycles. The first kappa shape index (κ1) is 20.4. The lowest BCUT2D eigenvalue weighted by atomic mass is 10.1. The van der Waals surface area contributed by atoms with Crippen LogP contribution in [0.4, 0.5) is 11.5 Å². The number of aromatic amines is 1. The highest BCUT2D eigenvalue weighted by molar-refractivity contribution is 5.57. The van der Waals surface area contributed by atoms with Gasteiger partial charge in [-0.05, 0) is 43.0 Å². The quantitative estimate of drug-likeness (QED) is 0.682. The summed E-state index contributed by atoms with van der Waals surface area (Å²) >= 11 is 0. The number of hydrogen-bond acceptors (Lipinski definition) is 5. The highest BCUT2D eigenvalue weighted by Gasteiger charge is 2.24. The van der Waals surface area contributed by atoms with Crippen molar-refractivity contribution >= 4 is 11.5 Å². The first-order valence-electron chi connectivity index (χ1n) is 10.2. The Bertz CT molecular complexity index is 880. The van der Waals surface area contributed by atoms with Crippen LogP contribution in [0.2, 0.25) is 0 Å². The highest BCUT2D eigenvalue weighted by atomic mass is 16.2. The van der Waals surface area contributed by atoms with Crippen molar-refractivity contribution in [2.24, 2.45) is 0 Å². The Labute approximate surface area is 165 Å². The zero-order valence-corrected chi connectivity index (χ0v) is 17.0. The van der Waals surface area contributed by atoms with Gasteiger partial charge >= 0.3 is 5.69 Å². The van der Waals surface area contributed by atoms with E-state index in [0.717, 1.165) is 51.1 Å². The molecule has 0 spiro atoms. The van der Waals surface area contributed by atoms with Crippen molar-refractivity contribution in [3.63, 3.8) is 0 Å². The van der Waals surface area contributed by atoms with Gasteiger partial charge in [-0.15, -0.1) is 0 Å². The van der Waals surface area contributed by atoms with E-state index in [9.17, 15) is 9.59 Å². The van der Waals surface area contributed by atoms with Gasteiger partial charge in [0.05, 0.1) is 6.17 Å². The van der Waals surface area contributed by atoms with Crippen molar-refractivity contribution in [2.75, 3.05) is 31.5 Å². The SMILES string of the molecule is CCCC(N1CCNCC1)n1c(=O)cc(Nc2ccc(C)c(CC)c2)[nH]c1=O. The fourth-order valence-corrected chi connectivity index (χ4v) is 3.85. The van der Waals surface area contributed by atoms with Crippen LogP contribution in [0.5, 0.6) is 0 Å². The summed E-state index contributed by atoms with van der Waals surface area (Å²) in [5.41, 5.74) is 2.70.